The van der Waals surface area contributed by atoms with Gasteiger partial charge in [0.15, 0.2) is 11.5 Å². The van der Waals surface area contributed by atoms with Gasteiger partial charge in [0, 0.05) is 5.56 Å². The molecule has 0 N–H and O–H groups in total. The Hall–Kier alpha value is -3.64. The van der Waals surface area contributed by atoms with Gasteiger partial charge in [-0.3, -0.25) is 4.79 Å². The smallest absolute Gasteiger partial charge is 0.280 e. The number of carbonyl (C=O) groups is 1. The molecular formula is C26H22ClFN2O3. The van der Waals surface area contributed by atoms with E-state index in [0.717, 1.165) is 0 Å². The standard InChI is InChI=1S/C26H22ClFN2O3/c1-3-32-24-15-18(14-22(27)25(24)33-16-19-9-7-8-12-23(19)28)13-21-17(2)29-30(26(21)31)20-10-5-4-6-11-20/h4-15H,3,16H2,1-2H3/b21-13+. The van der Waals surface area contributed by atoms with Crippen LogP contribution in [0.4, 0.5) is 10.1 Å². The lowest BCUT2D eigenvalue weighted by Gasteiger charge is -2.15. The Kier molecular flexibility index (Phi) is 6.75. The number of ether oxygens (including phenoxy) is 2. The van der Waals surface area contributed by atoms with E-state index in [4.69, 9.17) is 21.1 Å². The molecule has 168 valence electrons. The minimum Gasteiger partial charge on any atom is -0.490 e. The average molecular weight is 465 g/mol. The third-order valence-electron chi connectivity index (χ3n) is 5.04. The van der Waals surface area contributed by atoms with Crippen molar-refractivity contribution in [3.63, 3.8) is 0 Å². The van der Waals surface area contributed by atoms with Gasteiger partial charge in [0.2, 0.25) is 0 Å². The van der Waals surface area contributed by atoms with Crippen LogP contribution >= 0.6 is 11.6 Å². The molecule has 0 radical (unpaired) electrons. The normalized spacial score (nSPS) is 14.5. The van der Waals surface area contributed by atoms with E-state index in [1.54, 1.807) is 43.3 Å². The number of hydrazone groups is 1. The maximum atomic E-state index is 14.0. The summed E-state index contributed by atoms with van der Waals surface area (Å²) in [4.78, 5) is 13.0. The largest absolute Gasteiger partial charge is 0.490 e. The molecule has 33 heavy (non-hydrogen) atoms. The average Bonchev–Trinajstić information content (AvgIpc) is 3.09. The molecule has 7 heteroatoms. The van der Waals surface area contributed by atoms with Gasteiger partial charge in [0.25, 0.3) is 5.91 Å². The van der Waals surface area contributed by atoms with E-state index >= 15 is 0 Å². The Balaban J connectivity index is 1.62. The second-order valence-corrected chi connectivity index (χ2v) is 7.75. The number of anilines is 1. The molecule has 3 aromatic rings. The molecule has 0 aliphatic carbocycles. The summed E-state index contributed by atoms with van der Waals surface area (Å²) in [6.45, 7) is 4.01. The van der Waals surface area contributed by atoms with Crippen molar-refractivity contribution < 1.29 is 18.7 Å². The highest BCUT2D eigenvalue weighted by molar-refractivity contribution is 6.33. The Bertz CT molecular complexity index is 1240. The number of para-hydroxylation sites is 1. The first-order valence-corrected chi connectivity index (χ1v) is 10.8. The lowest BCUT2D eigenvalue weighted by molar-refractivity contribution is -0.114. The van der Waals surface area contributed by atoms with Crippen molar-refractivity contribution in [2.24, 2.45) is 5.10 Å². The summed E-state index contributed by atoms with van der Waals surface area (Å²) in [6.07, 6.45) is 1.72. The number of hydrogen-bond donors (Lipinski definition) is 0. The lowest BCUT2D eigenvalue weighted by atomic mass is 10.1. The maximum Gasteiger partial charge on any atom is 0.280 e. The van der Waals surface area contributed by atoms with E-state index in [1.807, 2.05) is 37.3 Å². The molecule has 0 spiro atoms. The predicted molar refractivity (Wildman–Crippen MR) is 128 cm³/mol. The molecule has 1 aliphatic heterocycles. The summed E-state index contributed by atoms with van der Waals surface area (Å²) in [5.74, 6) is 0.143. The van der Waals surface area contributed by atoms with E-state index in [1.165, 1.54) is 11.1 Å². The van der Waals surface area contributed by atoms with Gasteiger partial charge in [0.05, 0.1) is 28.6 Å². The monoisotopic (exact) mass is 464 g/mol. The van der Waals surface area contributed by atoms with Crippen LogP contribution < -0.4 is 14.5 Å². The zero-order valence-corrected chi connectivity index (χ0v) is 19.0. The first kappa shape index (κ1) is 22.6. The summed E-state index contributed by atoms with van der Waals surface area (Å²) >= 11 is 6.51. The van der Waals surface area contributed by atoms with E-state index in [9.17, 15) is 9.18 Å². The Morgan fingerprint density at radius 1 is 1.06 bits per heavy atom. The Labute approximate surface area is 196 Å². The van der Waals surface area contributed by atoms with Gasteiger partial charge in [-0.1, -0.05) is 48.0 Å². The fraction of sp³-hybridized carbons (Fsp3) is 0.154. The van der Waals surface area contributed by atoms with Gasteiger partial charge in [-0.2, -0.15) is 10.1 Å². The zero-order chi connectivity index (χ0) is 23.4. The number of hydrogen-bond acceptors (Lipinski definition) is 4. The number of halogens is 2. The van der Waals surface area contributed by atoms with Crippen LogP contribution in [0.15, 0.2) is 77.4 Å². The molecule has 0 saturated heterocycles. The number of carbonyl (C=O) groups excluding carboxylic acids is 1. The van der Waals surface area contributed by atoms with Crippen LogP contribution in [-0.2, 0) is 11.4 Å². The van der Waals surface area contributed by atoms with Crippen LogP contribution in [0.25, 0.3) is 6.08 Å². The number of amides is 1. The summed E-state index contributed by atoms with van der Waals surface area (Å²) in [5.41, 5.74) is 2.81. The van der Waals surface area contributed by atoms with Crippen molar-refractivity contribution in [3.8, 4) is 11.5 Å². The Morgan fingerprint density at radius 3 is 2.52 bits per heavy atom. The van der Waals surface area contributed by atoms with Crippen molar-refractivity contribution in [1.29, 1.82) is 0 Å². The molecule has 0 saturated carbocycles. The van der Waals surface area contributed by atoms with Crippen LogP contribution in [0, 0.1) is 5.82 Å². The fourth-order valence-electron chi connectivity index (χ4n) is 3.43. The third kappa shape index (κ3) is 4.91. The van der Waals surface area contributed by atoms with Gasteiger partial charge < -0.3 is 9.47 Å². The number of rotatable bonds is 7. The first-order valence-electron chi connectivity index (χ1n) is 10.5. The van der Waals surface area contributed by atoms with E-state index in [2.05, 4.69) is 5.10 Å². The predicted octanol–water partition coefficient (Wildman–Crippen LogP) is 6.26. The minimum absolute atomic E-state index is 0.00317. The highest BCUT2D eigenvalue weighted by atomic mass is 35.5. The van der Waals surface area contributed by atoms with E-state index in [-0.39, 0.29) is 18.3 Å². The summed E-state index contributed by atoms with van der Waals surface area (Å²) in [7, 11) is 0. The van der Waals surface area contributed by atoms with E-state index < -0.39 is 0 Å². The van der Waals surface area contributed by atoms with Gasteiger partial charge in [-0.15, -0.1) is 0 Å². The van der Waals surface area contributed by atoms with Crippen molar-refractivity contribution in [2.75, 3.05) is 11.6 Å². The van der Waals surface area contributed by atoms with Gasteiger partial charge in [-0.05, 0) is 55.8 Å². The van der Waals surface area contributed by atoms with Crippen molar-refractivity contribution in [1.82, 2.24) is 0 Å². The second-order valence-electron chi connectivity index (χ2n) is 7.34. The van der Waals surface area contributed by atoms with Crippen LogP contribution in [0.3, 0.4) is 0 Å². The van der Waals surface area contributed by atoms with Crippen LogP contribution in [-0.4, -0.2) is 18.2 Å². The molecular weight excluding hydrogens is 443 g/mol. The molecule has 5 nitrogen and oxygen atoms in total. The van der Waals surface area contributed by atoms with Crippen LogP contribution in [0.1, 0.15) is 25.0 Å². The topological polar surface area (TPSA) is 51.1 Å². The molecule has 0 bridgehead atoms. The Morgan fingerprint density at radius 2 is 1.79 bits per heavy atom. The van der Waals surface area contributed by atoms with Gasteiger partial charge in [0.1, 0.15) is 12.4 Å². The number of benzene rings is 3. The number of nitrogens with zero attached hydrogens (tertiary/aromatic N) is 2. The molecule has 4 rings (SSSR count). The lowest BCUT2D eigenvalue weighted by Crippen LogP contribution is -2.21. The van der Waals surface area contributed by atoms with Crippen molar-refractivity contribution in [3.05, 3.63) is 94.3 Å². The summed E-state index contributed by atoms with van der Waals surface area (Å²) < 4.78 is 25.5. The van der Waals surface area contributed by atoms with Gasteiger partial charge >= 0.3 is 0 Å². The molecule has 0 atom stereocenters. The van der Waals surface area contributed by atoms with Gasteiger partial charge in [-0.25, -0.2) is 4.39 Å². The summed E-state index contributed by atoms with van der Waals surface area (Å²) in [6, 6.07) is 19.0. The molecule has 0 unspecified atom stereocenters. The molecule has 1 heterocycles. The highest BCUT2D eigenvalue weighted by Crippen LogP contribution is 2.38. The molecule has 1 aliphatic rings. The molecule has 0 fully saturated rings. The van der Waals surface area contributed by atoms with Crippen molar-refractivity contribution in [2.45, 2.75) is 20.5 Å². The quantitative estimate of drug-likeness (QED) is 0.387. The third-order valence-corrected chi connectivity index (χ3v) is 5.32. The maximum absolute atomic E-state index is 14.0. The SMILES string of the molecule is CCOc1cc(/C=C2/C(=O)N(c3ccccc3)N=C2C)cc(Cl)c1OCc1ccccc1F. The minimum atomic E-state index is -0.356. The highest BCUT2D eigenvalue weighted by Gasteiger charge is 2.28. The fourth-order valence-corrected chi connectivity index (χ4v) is 3.71. The molecule has 0 aromatic heterocycles. The first-order chi connectivity index (χ1) is 16.0. The van der Waals surface area contributed by atoms with Crippen molar-refractivity contribution >= 4 is 35.0 Å². The zero-order valence-electron chi connectivity index (χ0n) is 18.2. The summed E-state index contributed by atoms with van der Waals surface area (Å²) in [5, 5.41) is 6.06. The molecule has 1 amide bonds. The second kappa shape index (κ2) is 9.88. The van der Waals surface area contributed by atoms with Crippen LogP contribution in [0.2, 0.25) is 5.02 Å². The van der Waals surface area contributed by atoms with Crippen LogP contribution in [0.5, 0.6) is 11.5 Å². The molecule has 3 aromatic carbocycles. The van der Waals surface area contributed by atoms with E-state index in [0.29, 0.717) is 51.2 Å².